The highest BCUT2D eigenvalue weighted by Gasteiger charge is 2.54. The molecule has 0 radical (unpaired) electrons. The number of imide groups is 1. The van der Waals surface area contributed by atoms with Crippen LogP contribution in [0.2, 0.25) is 0 Å². The molecule has 0 aromatic heterocycles. The Balaban J connectivity index is 2.06. The molecule has 2 aromatic rings. The Bertz CT molecular complexity index is 1010. The van der Waals surface area contributed by atoms with Gasteiger partial charge in [0, 0.05) is 11.5 Å². The van der Waals surface area contributed by atoms with Gasteiger partial charge in [0.15, 0.2) is 0 Å². The van der Waals surface area contributed by atoms with Gasteiger partial charge in [0.1, 0.15) is 11.4 Å². The molecule has 0 fully saturated rings. The van der Waals surface area contributed by atoms with Crippen molar-refractivity contribution in [3.8, 4) is 11.8 Å². The van der Waals surface area contributed by atoms with Crippen LogP contribution >= 0.6 is 0 Å². The molecule has 0 unspecified atom stereocenters. The minimum Gasteiger partial charge on any atom is -0.443 e. The molecule has 0 N–H and O–H groups in total. The van der Waals surface area contributed by atoms with Crippen molar-refractivity contribution in [1.82, 2.24) is 0 Å². The number of rotatable bonds is 1. The molecular weight excluding hydrogens is 369 g/mol. The largest absolute Gasteiger partial charge is 0.443 e. The van der Waals surface area contributed by atoms with Crippen molar-refractivity contribution in [2.24, 2.45) is 5.92 Å². The molecule has 2 amide bonds. The Morgan fingerprint density at radius 1 is 1.14 bits per heavy atom. The van der Waals surface area contributed by atoms with Gasteiger partial charge in [-0.05, 0) is 51.5 Å². The van der Waals surface area contributed by atoms with Crippen LogP contribution in [0.5, 0.6) is 0 Å². The number of anilines is 1. The van der Waals surface area contributed by atoms with Gasteiger partial charge in [-0.25, -0.2) is 14.1 Å². The van der Waals surface area contributed by atoms with Crippen LogP contribution in [-0.2, 0) is 14.9 Å². The van der Waals surface area contributed by atoms with Crippen LogP contribution in [0.4, 0.5) is 14.9 Å². The molecule has 1 aliphatic heterocycles. The van der Waals surface area contributed by atoms with Gasteiger partial charge in [-0.1, -0.05) is 49.1 Å². The number of amides is 2. The van der Waals surface area contributed by atoms with Crippen molar-refractivity contribution in [3.05, 3.63) is 65.5 Å². The summed E-state index contributed by atoms with van der Waals surface area (Å²) in [5, 5.41) is 0. The van der Waals surface area contributed by atoms with Gasteiger partial charge >= 0.3 is 6.09 Å². The first kappa shape index (κ1) is 20.6. The lowest BCUT2D eigenvalue weighted by Crippen LogP contribution is -2.46. The number of nitrogens with zero attached hydrogens (tertiary/aromatic N) is 1. The second-order valence-electron chi connectivity index (χ2n) is 8.32. The monoisotopic (exact) mass is 393 g/mol. The highest BCUT2D eigenvalue weighted by Crippen LogP contribution is 2.47. The molecule has 150 valence electrons. The summed E-state index contributed by atoms with van der Waals surface area (Å²) in [4.78, 5) is 27.0. The summed E-state index contributed by atoms with van der Waals surface area (Å²) < 4.78 is 20.1. The molecule has 4 nitrogen and oxygen atoms in total. The molecule has 0 bridgehead atoms. The van der Waals surface area contributed by atoms with Gasteiger partial charge in [-0.15, -0.1) is 0 Å². The Hall–Kier alpha value is -3.13. The maximum Gasteiger partial charge on any atom is 0.421 e. The summed E-state index contributed by atoms with van der Waals surface area (Å²) in [5.41, 5.74) is -0.806. The second kappa shape index (κ2) is 7.36. The van der Waals surface area contributed by atoms with Crippen molar-refractivity contribution in [2.75, 3.05) is 4.90 Å². The standard InChI is InChI=1S/C24H24FNO3/c1-16(14-15-17-10-7-6-8-11-17)24(5)18-12-9-13-19(25)20(18)26(21(24)27)22(28)29-23(2,3)4/h6-13,16H,1-5H3/t16-,24+/m0/s1. The van der Waals surface area contributed by atoms with Crippen LogP contribution in [0.1, 0.15) is 45.7 Å². The molecule has 1 heterocycles. The quantitative estimate of drug-likeness (QED) is 0.637. The minimum atomic E-state index is -1.18. The third-order valence-corrected chi connectivity index (χ3v) is 5.07. The molecular formula is C24H24FNO3. The van der Waals surface area contributed by atoms with Crippen LogP contribution in [0.15, 0.2) is 48.5 Å². The number of ether oxygens (including phenoxy) is 1. The lowest BCUT2D eigenvalue weighted by molar-refractivity contribution is -0.123. The predicted octanol–water partition coefficient (Wildman–Crippen LogP) is 5.05. The molecule has 5 heteroatoms. The van der Waals surface area contributed by atoms with E-state index in [1.807, 2.05) is 30.3 Å². The Morgan fingerprint density at radius 3 is 2.41 bits per heavy atom. The van der Waals surface area contributed by atoms with Crippen molar-refractivity contribution in [3.63, 3.8) is 0 Å². The number of carbonyl (C=O) groups excluding carboxylic acids is 2. The average molecular weight is 393 g/mol. The summed E-state index contributed by atoms with van der Waals surface area (Å²) in [6.07, 6.45) is -0.888. The van der Waals surface area contributed by atoms with Gasteiger partial charge in [0.2, 0.25) is 5.91 Å². The number of benzene rings is 2. The van der Waals surface area contributed by atoms with Gasteiger partial charge < -0.3 is 4.74 Å². The van der Waals surface area contributed by atoms with Gasteiger partial charge in [-0.2, -0.15) is 0 Å². The molecule has 0 aliphatic carbocycles. The first-order valence-corrected chi connectivity index (χ1v) is 9.49. The van der Waals surface area contributed by atoms with Crippen molar-refractivity contribution < 1.29 is 18.7 Å². The van der Waals surface area contributed by atoms with E-state index in [1.165, 1.54) is 12.1 Å². The Kier molecular flexibility index (Phi) is 5.23. The van der Waals surface area contributed by atoms with Crippen molar-refractivity contribution in [2.45, 2.75) is 45.6 Å². The molecule has 2 atom stereocenters. The van der Waals surface area contributed by atoms with E-state index in [4.69, 9.17) is 4.74 Å². The van der Waals surface area contributed by atoms with Gasteiger partial charge in [0.05, 0.1) is 11.1 Å². The third-order valence-electron chi connectivity index (χ3n) is 5.07. The summed E-state index contributed by atoms with van der Waals surface area (Å²) in [6.45, 7) is 8.59. The van der Waals surface area contributed by atoms with Gasteiger partial charge in [0.25, 0.3) is 0 Å². The highest BCUT2D eigenvalue weighted by atomic mass is 19.1. The maximum absolute atomic E-state index is 14.7. The molecule has 29 heavy (non-hydrogen) atoms. The average Bonchev–Trinajstić information content (AvgIpc) is 2.89. The fourth-order valence-corrected chi connectivity index (χ4v) is 3.37. The zero-order valence-corrected chi connectivity index (χ0v) is 17.2. The smallest absolute Gasteiger partial charge is 0.421 e. The lowest BCUT2D eigenvalue weighted by atomic mass is 9.73. The molecule has 0 saturated carbocycles. The van der Waals surface area contributed by atoms with Crippen LogP contribution < -0.4 is 4.90 Å². The number of hydrogen-bond donors (Lipinski definition) is 0. The van der Waals surface area contributed by atoms with Gasteiger partial charge in [-0.3, -0.25) is 4.79 Å². The fraction of sp³-hybridized carbons (Fsp3) is 0.333. The van der Waals surface area contributed by atoms with E-state index in [0.29, 0.717) is 5.56 Å². The summed E-state index contributed by atoms with van der Waals surface area (Å²) in [6, 6.07) is 13.8. The number of hydrogen-bond acceptors (Lipinski definition) is 3. The van der Waals surface area contributed by atoms with Crippen LogP contribution in [0.25, 0.3) is 0 Å². The zero-order valence-electron chi connectivity index (χ0n) is 17.2. The molecule has 2 aromatic carbocycles. The van der Waals surface area contributed by atoms with E-state index in [9.17, 15) is 14.0 Å². The van der Waals surface area contributed by atoms with Crippen LogP contribution in [-0.4, -0.2) is 17.6 Å². The first-order valence-electron chi connectivity index (χ1n) is 9.49. The van der Waals surface area contributed by atoms with E-state index in [-0.39, 0.29) is 5.69 Å². The molecule has 1 aliphatic rings. The summed E-state index contributed by atoms with van der Waals surface area (Å²) in [7, 11) is 0. The minimum absolute atomic E-state index is 0.0531. The molecule has 3 rings (SSSR count). The van der Waals surface area contributed by atoms with E-state index in [2.05, 4.69) is 11.8 Å². The number of halogens is 1. The zero-order chi connectivity index (χ0) is 21.4. The van der Waals surface area contributed by atoms with E-state index < -0.39 is 34.8 Å². The maximum atomic E-state index is 14.7. The first-order chi connectivity index (χ1) is 13.6. The summed E-state index contributed by atoms with van der Waals surface area (Å²) in [5.74, 6) is 4.52. The SMILES string of the molecule is C[C@@H](C#Cc1ccccc1)[C@@]1(C)C(=O)N(C(=O)OC(C)(C)C)c2c(F)cccc21. The Morgan fingerprint density at radius 2 is 1.79 bits per heavy atom. The van der Waals surface area contributed by atoms with E-state index in [0.717, 1.165) is 10.5 Å². The normalized spacial score (nSPS) is 19.2. The predicted molar refractivity (Wildman–Crippen MR) is 110 cm³/mol. The lowest BCUT2D eigenvalue weighted by Gasteiger charge is -2.28. The van der Waals surface area contributed by atoms with Crippen molar-refractivity contribution >= 4 is 17.7 Å². The van der Waals surface area contributed by atoms with E-state index >= 15 is 0 Å². The second-order valence-corrected chi connectivity index (χ2v) is 8.32. The van der Waals surface area contributed by atoms with Crippen LogP contribution in [0.3, 0.4) is 0 Å². The molecule has 0 spiro atoms. The fourth-order valence-electron chi connectivity index (χ4n) is 3.37. The number of carbonyl (C=O) groups is 2. The highest BCUT2D eigenvalue weighted by molar-refractivity contribution is 6.21. The third kappa shape index (κ3) is 3.75. The number of fused-ring (bicyclic) bond motifs is 1. The topological polar surface area (TPSA) is 46.6 Å². The van der Waals surface area contributed by atoms with Crippen molar-refractivity contribution in [1.29, 1.82) is 0 Å². The van der Waals surface area contributed by atoms with Crippen LogP contribution in [0, 0.1) is 23.6 Å². The molecule has 0 saturated heterocycles. The van der Waals surface area contributed by atoms with E-state index in [1.54, 1.807) is 40.7 Å². The Labute approximate surface area is 170 Å². The summed E-state index contributed by atoms with van der Waals surface area (Å²) >= 11 is 0. The number of para-hydroxylation sites is 1.